The Morgan fingerprint density at radius 1 is 1.15 bits per heavy atom. The Labute approximate surface area is 119 Å². The molecule has 1 fully saturated rings. The van der Waals surface area contributed by atoms with Gasteiger partial charge in [0.25, 0.3) is 0 Å². The zero-order chi connectivity index (χ0) is 13.5. The smallest absolute Gasteiger partial charge is 0.230 e. The van der Waals surface area contributed by atoms with Crippen LogP contribution < -0.4 is 14.5 Å². The van der Waals surface area contributed by atoms with Gasteiger partial charge in [0.1, 0.15) is 18.0 Å². The number of carbonyl (C=O) groups excluding carboxylic acids is 1. The maximum atomic E-state index is 12.8. The van der Waals surface area contributed by atoms with Crippen LogP contribution in [0.2, 0.25) is 0 Å². The summed E-state index contributed by atoms with van der Waals surface area (Å²) >= 11 is 0. The van der Waals surface area contributed by atoms with Gasteiger partial charge >= 0.3 is 0 Å². The zero-order valence-corrected chi connectivity index (χ0v) is 11.7. The van der Waals surface area contributed by atoms with Crippen LogP contribution >= 0.6 is 0 Å². The molecule has 0 aromatic heterocycles. The molecule has 1 saturated carbocycles. The summed E-state index contributed by atoms with van der Waals surface area (Å²) in [6.07, 6.45) is 4.52. The summed E-state index contributed by atoms with van der Waals surface area (Å²) in [7, 11) is 0. The second-order valence-corrected chi connectivity index (χ2v) is 5.93. The molecule has 0 N–H and O–H groups in total. The lowest BCUT2D eigenvalue weighted by Crippen LogP contribution is -2.48. The fourth-order valence-electron chi connectivity index (χ4n) is 3.73. The minimum Gasteiger partial charge on any atom is -0.489 e. The van der Waals surface area contributed by atoms with Crippen LogP contribution in [0.25, 0.3) is 0 Å². The Hall–Kier alpha value is -1.71. The molecule has 1 aromatic carbocycles. The van der Waals surface area contributed by atoms with Crippen LogP contribution in [0.4, 0.5) is 11.4 Å². The SMILES string of the molecule is O=C(C1CCCC1)N1CCN2CCOc3cccc1c32. The molecule has 0 spiro atoms. The fraction of sp³-hybridized carbons (Fsp3) is 0.562. The third-order valence-corrected chi connectivity index (χ3v) is 4.77. The van der Waals surface area contributed by atoms with Gasteiger partial charge in [-0.1, -0.05) is 18.9 Å². The van der Waals surface area contributed by atoms with Crippen molar-refractivity contribution in [2.75, 3.05) is 36.0 Å². The van der Waals surface area contributed by atoms with Gasteiger partial charge in [-0.15, -0.1) is 0 Å². The predicted octanol–water partition coefficient (Wildman–Crippen LogP) is 2.42. The van der Waals surface area contributed by atoms with Crippen molar-refractivity contribution in [1.82, 2.24) is 0 Å². The summed E-state index contributed by atoms with van der Waals surface area (Å²) < 4.78 is 5.74. The number of para-hydroxylation sites is 1. The van der Waals surface area contributed by atoms with Crippen LogP contribution in [-0.2, 0) is 4.79 Å². The minimum atomic E-state index is 0.238. The molecule has 1 amide bonds. The van der Waals surface area contributed by atoms with Crippen LogP contribution in [0.5, 0.6) is 5.75 Å². The van der Waals surface area contributed by atoms with Gasteiger partial charge in [-0.25, -0.2) is 0 Å². The molecule has 0 atom stereocenters. The van der Waals surface area contributed by atoms with Crippen LogP contribution in [0.1, 0.15) is 25.7 Å². The second-order valence-electron chi connectivity index (χ2n) is 5.93. The number of hydrogen-bond acceptors (Lipinski definition) is 3. The van der Waals surface area contributed by atoms with Crippen molar-refractivity contribution in [3.05, 3.63) is 18.2 Å². The van der Waals surface area contributed by atoms with E-state index in [4.69, 9.17) is 4.74 Å². The predicted molar refractivity (Wildman–Crippen MR) is 78.5 cm³/mol. The molecule has 4 nitrogen and oxygen atoms in total. The van der Waals surface area contributed by atoms with Gasteiger partial charge in [0.2, 0.25) is 5.91 Å². The molecule has 0 radical (unpaired) electrons. The van der Waals surface area contributed by atoms with E-state index in [1.807, 2.05) is 17.0 Å². The van der Waals surface area contributed by atoms with Gasteiger partial charge in [-0.3, -0.25) is 4.79 Å². The zero-order valence-electron chi connectivity index (χ0n) is 11.7. The van der Waals surface area contributed by atoms with Crippen LogP contribution in [0.3, 0.4) is 0 Å². The molecule has 106 valence electrons. The highest BCUT2D eigenvalue weighted by atomic mass is 16.5. The van der Waals surface area contributed by atoms with Crippen molar-refractivity contribution in [2.24, 2.45) is 5.92 Å². The van der Waals surface area contributed by atoms with Crippen LogP contribution in [-0.4, -0.2) is 32.1 Å². The highest BCUT2D eigenvalue weighted by Gasteiger charge is 2.34. The topological polar surface area (TPSA) is 32.8 Å². The fourth-order valence-corrected chi connectivity index (χ4v) is 3.73. The standard InChI is InChI=1S/C16H20N2O2/c19-16(12-4-1-2-5-12)18-9-8-17-10-11-20-14-7-3-6-13(18)15(14)17/h3,6-7,12H,1-2,4-5,8-11H2. The van der Waals surface area contributed by atoms with E-state index in [0.29, 0.717) is 5.91 Å². The van der Waals surface area contributed by atoms with Gasteiger partial charge in [0, 0.05) is 19.0 Å². The average molecular weight is 272 g/mol. The Balaban J connectivity index is 1.71. The summed E-state index contributed by atoms with van der Waals surface area (Å²) in [5, 5.41) is 0. The number of hydrogen-bond donors (Lipinski definition) is 0. The van der Waals surface area contributed by atoms with Crippen molar-refractivity contribution < 1.29 is 9.53 Å². The highest BCUT2D eigenvalue weighted by Crippen LogP contribution is 2.43. The Kier molecular flexibility index (Phi) is 2.83. The first-order valence-electron chi connectivity index (χ1n) is 7.67. The van der Waals surface area contributed by atoms with Crippen molar-refractivity contribution >= 4 is 17.3 Å². The molecule has 20 heavy (non-hydrogen) atoms. The first kappa shape index (κ1) is 12.1. The maximum absolute atomic E-state index is 12.8. The van der Waals surface area contributed by atoms with Crippen LogP contribution in [0.15, 0.2) is 18.2 Å². The van der Waals surface area contributed by atoms with E-state index in [1.54, 1.807) is 0 Å². The van der Waals surface area contributed by atoms with Gasteiger partial charge < -0.3 is 14.5 Å². The number of rotatable bonds is 1. The first-order chi connectivity index (χ1) is 9.84. The molecule has 2 heterocycles. The molecule has 4 heteroatoms. The van der Waals surface area contributed by atoms with E-state index in [2.05, 4.69) is 11.0 Å². The van der Waals surface area contributed by atoms with E-state index in [1.165, 1.54) is 12.8 Å². The number of benzene rings is 1. The summed E-state index contributed by atoms with van der Waals surface area (Å²) in [5.41, 5.74) is 2.17. The lowest BCUT2D eigenvalue weighted by molar-refractivity contribution is -0.122. The molecule has 2 aliphatic heterocycles. The molecule has 1 aliphatic carbocycles. The molecule has 0 saturated heterocycles. The molecular formula is C16H20N2O2. The third kappa shape index (κ3) is 1.78. The number of carbonyl (C=O) groups is 1. The number of nitrogens with zero attached hydrogens (tertiary/aromatic N) is 2. The molecule has 3 aliphatic rings. The van der Waals surface area contributed by atoms with Crippen molar-refractivity contribution in [3.63, 3.8) is 0 Å². The summed E-state index contributed by atoms with van der Waals surface area (Å²) in [4.78, 5) is 17.1. The van der Waals surface area contributed by atoms with Crippen molar-refractivity contribution in [3.8, 4) is 5.75 Å². The monoisotopic (exact) mass is 272 g/mol. The quantitative estimate of drug-likeness (QED) is 0.787. The van der Waals surface area contributed by atoms with E-state index in [-0.39, 0.29) is 5.92 Å². The third-order valence-electron chi connectivity index (χ3n) is 4.77. The molecule has 4 rings (SSSR count). The van der Waals surface area contributed by atoms with Gasteiger partial charge in [0.15, 0.2) is 0 Å². The van der Waals surface area contributed by atoms with E-state index >= 15 is 0 Å². The minimum absolute atomic E-state index is 0.238. The van der Waals surface area contributed by atoms with E-state index in [0.717, 1.165) is 56.2 Å². The van der Waals surface area contributed by atoms with Gasteiger partial charge in [0.05, 0.1) is 12.2 Å². The number of amides is 1. The second kappa shape index (κ2) is 4.69. The summed E-state index contributed by atoms with van der Waals surface area (Å²) in [6, 6.07) is 6.07. The van der Waals surface area contributed by atoms with Crippen LogP contribution in [0, 0.1) is 5.92 Å². The number of ether oxygens (including phenoxy) is 1. The Morgan fingerprint density at radius 3 is 2.85 bits per heavy atom. The maximum Gasteiger partial charge on any atom is 0.230 e. The van der Waals surface area contributed by atoms with E-state index < -0.39 is 0 Å². The van der Waals surface area contributed by atoms with Gasteiger partial charge in [-0.2, -0.15) is 0 Å². The average Bonchev–Trinajstić information content (AvgIpc) is 3.02. The lowest BCUT2D eigenvalue weighted by Gasteiger charge is -2.41. The first-order valence-corrected chi connectivity index (χ1v) is 7.67. The normalized spacial score (nSPS) is 21.6. The lowest BCUT2D eigenvalue weighted by atomic mass is 10.0. The Bertz CT molecular complexity index is 537. The largest absolute Gasteiger partial charge is 0.489 e. The molecular weight excluding hydrogens is 252 g/mol. The Morgan fingerprint density at radius 2 is 2.00 bits per heavy atom. The molecule has 0 bridgehead atoms. The highest BCUT2D eigenvalue weighted by molar-refractivity contribution is 6.00. The van der Waals surface area contributed by atoms with Crippen molar-refractivity contribution in [2.45, 2.75) is 25.7 Å². The molecule has 0 unspecified atom stereocenters. The van der Waals surface area contributed by atoms with Gasteiger partial charge in [-0.05, 0) is 25.0 Å². The summed E-state index contributed by atoms with van der Waals surface area (Å²) in [6.45, 7) is 3.40. The van der Waals surface area contributed by atoms with Crippen molar-refractivity contribution in [1.29, 1.82) is 0 Å². The molecule has 1 aromatic rings. The van der Waals surface area contributed by atoms with E-state index in [9.17, 15) is 4.79 Å². The number of anilines is 2. The summed E-state index contributed by atoms with van der Waals surface area (Å²) in [5.74, 6) is 1.49.